The Morgan fingerprint density at radius 3 is 2.50 bits per heavy atom. The maximum absolute atomic E-state index is 12.5. The summed E-state index contributed by atoms with van der Waals surface area (Å²) >= 11 is 0. The third-order valence-corrected chi connectivity index (χ3v) is 11.6. The molecule has 2 aliphatic carbocycles. The normalized spacial score (nSPS) is 24.2. The Morgan fingerprint density at radius 1 is 0.962 bits per heavy atom. The molecule has 2 N–H and O–H groups in total. The second kappa shape index (κ2) is 13.9. The van der Waals surface area contributed by atoms with Gasteiger partial charge in [-0.2, -0.15) is 0 Å². The van der Waals surface area contributed by atoms with Gasteiger partial charge in [-0.05, 0) is 106 Å². The Balaban J connectivity index is 0.933. The van der Waals surface area contributed by atoms with E-state index in [2.05, 4.69) is 39.4 Å². The Kier molecular flexibility index (Phi) is 9.09. The molecule has 2 aromatic heterocycles. The number of nitrogens with zero attached hydrogens (tertiary/aromatic N) is 6. The van der Waals surface area contributed by atoms with Crippen LogP contribution in [0.5, 0.6) is 5.75 Å². The van der Waals surface area contributed by atoms with Gasteiger partial charge in [0, 0.05) is 55.1 Å². The number of benzene rings is 2. The molecule has 8 rings (SSSR count). The van der Waals surface area contributed by atoms with E-state index in [0.29, 0.717) is 43.3 Å². The molecular formula is C42H49N7O3. The molecule has 10 heteroatoms. The zero-order valence-corrected chi connectivity index (χ0v) is 30.5. The lowest BCUT2D eigenvalue weighted by Crippen LogP contribution is -2.50. The summed E-state index contributed by atoms with van der Waals surface area (Å²) in [5.74, 6) is 4.12. The van der Waals surface area contributed by atoms with Crippen molar-refractivity contribution < 1.29 is 14.3 Å². The van der Waals surface area contributed by atoms with Crippen LogP contribution < -0.4 is 15.4 Å². The lowest BCUT2D eigenvalue weighted by Gasteiger charge is -2.51. The zero-order chi connectivity index (χ0) is 35.9. The number of fused-ring (bicyclic) bond motifs is 1. The summed E-state index contributed by atoms with van der Waals surface area (Å²) in [5, 5.41) is 8.97. The monoisotopic (exact) mass is 699 g/mol. The number of amides is 1. The molecule has 2 aromatic carbocycles. The highest BCUT2D eigenvalue weighted by atomic mass is 16.6. The van der Waals surface area contributed by atoms with Crippen molar-refractivity contribution in [3.05, 3.63) is 96.1 Å². The molecule has 1 amide bonds. The lowest BCUT2D eigenvalue weighted by atomic mass is 9.54. The predicted molar refractivity (Wildman–Crippen MR) is 203 cm³/mol. The highest BCUT2D eigenvalue weighted by Gasteiger charge is 2.61. The maximum Gasteiger partial charge on any atom is 0.410 e. The van der Waals surface area contributed by atoms with Crippen molar-refractivity contribution in [3.8, 4) is 17.0 Å². The minimum atomic E-state index is -0.499. The molecule has 3 fully saturated rings. The Labute approximate surface area is 306 Å². The van der Waals surface area contributed by atoms with E-state index in [-0.39, 0.29) is 11.5 Å². The van der Waals surface area contributed by atoms with E-state index < -0.39 is 5.60 Å². The summed E-state index contributed by atoms with van der Waals surface area (Å²) < 4.78 is 11.8. The van der Waals surface area contributed by atoms with Crippen LogP contribution in [0.3, 0.4) is 0 Å². The summed E-state index contributed by atoms with van der Waals surface area (Å²) in [4.78, 5) is 26.8. The van der Waals surface area contributed by atoms with Crippen LogP contribution in [0, 0.1) is 17.8 Å². The molecule has 2 saturated carbocycles. The predicted octanol–water partition coefficient (Wildman–Crippen LogP) is 7.70. The number of para-hydroxylation sites is 1. The first-order valence-electron chi connectivity index (χ1n) is 18.8. The molecule has 4 aromatic rings. The second-order valence-electron chi connectivity index (χ2n) is 16.1. The van der Waals surface area contributed by atoms with E-state index in [0.717, 1.165) is 84.8 Å². The third-order valence-electron chi connectivity index (χ3n) is 11.6. The summed E-state index contributed by atoms with van der Waals surface area (Å²) in [6.07, 6.45) is 12.3. The molecule has 2 unspecified atom stereocenters. The number of hydrogen-bond donors (Lipinski definition) is 1. The van der Waals surface area contributed by atoms with E-state index >= 15 is 0 Å². The van der Waals surface area contributed by atoms with E-state index in [1.54, 1.807) is 4.90 Å². The van der Waals surface area contributed by atoms with Gasteiger partial charge in [-0.1, -0.05) is 48.5 Å². The summed E-state index contributed by atoms with van der Waals surface area (Å²) in [7, 11) is 0. The quantitative estimate of drug-likeness (QED) is 0.207. The van der Waals surface area contributed by atoms with Crippen LogP contribution in [0.25, 0.3) is 16.8 Å². The molecule has 2 bridgehead atoms. The van der Waals surface area contributed by atoms with Gasteiger partial charge < -0.3 is 25.0 Å². The van der Waals surface area contributed by atoms with E-state index in [9.17, 15) is 4.79 Å². The number of ether oxygens (including phenoxy) is 2. The highest BCUT2D eigenvalue weighted by molar-refractivity contribution is 5.74. The molecule has 4 heterocycles. The van der Waals surface area contributed by atoms with Crippen molar-refractivity contribution >= 4 is 23.2 Å². The first kappa shape index (κ1) is 34.1. The molecule has 0 spiro atoms. The lowest BCUT2D eigenvalue weighted by molar-refractivity contribution is 0.0270. The van der Waals surface area contributed by atoms with Gasteiger partial charge in [0.15, 0.2) is 5.82 Å². The fourth-order valence-electron chi connectivity index (χ4n) is 9.04. The van der Waals surface area contributed by atoms with Crippen LogP contribution >= 0.6 is 0 Å². The number of rotatable bonds is 7. The molecule has 1 saturated heterocycles. The van der Waals surface area contributed by atoms with Crippen LogP contribution in [0.15, 0.2) is 79.1 Å². The molecule has 4 aliphatic rings. The number of hydrogen-bond acceptors (Lipinski definition) is 9. The summed E-state index contributed by atoms with van der Waals surface area (Å²) in [5.41, 5.74) is 12.1. The average molecular weight is 700 g/mol. The fraction of sp³-hybridized carbons (Fsp3) is 0.452. The Bertz CT molecular complexity index is 1940. The minimum absolute atomic E-state index is 0.0817. The minimum Gasteiger partial charge on any atom is -0.488 e. The van der Waals surface area contributed by atoms with Crippen LogP contribution in [0.1, 0.15) is 76.2 Å². The van der Waals surface area contributed by atoms with Gasteiger partial charge >= 0.3 is 6.09 Å². The number of carbonyl (C=O) groups excluding carboxylic acids is 1. The number of aromatic nitrogens is 4. The smallest absolute Gasteiger partial charge is 0.410 e. The average Bonchev–Trinajstić information content (AvgIpc) is 3.47. The van der Waals surface area contributed by atoms with Gasteiger partial charge in [0.25, 0.3) is 0 Å². The van der Waals surface area contributed by atoms with Crippen molar-refractivity contribution in [1.29, 1.82) is 0 Å². The van der Waals surface area contributed by atoms with Gasteiger partial charge in [0.2, 0.25) is 0 Å². The summed E-state index contributed by atoms with van der Waals surface area (Å²) in [6.45, 7) is 9.20. The first-order valence-corrected chi connectivity index (χ1v) is 18.8. The van der Waals surface area contributed by atoms with Crippen molar-refractivity contribution in [1.82, 2.24) is 25.1 Å². The van der Waals surface area contributed by atoms with Crippen LogP contribution in [-0.4, -0.2) is 62.9 Å². The van der Waals surface area contributed by atoms with E-state index in [1.807, 2.05) is 75.6 Å². The molecule has 2 aliphatic heterocycles. The molecule has 270 valence electrons. The largest absolute Gasteiger partial charge is 0.488 e. The van der Waals surface area contributed by atoms with Gasteiger partial charge in [-0.3, -0.25) is 0 Å². The topological polar surface area (TPSA) is 120 Å². The van der Waals surface area contributed by atoms with Crippen LogP contribution in [0.2, 0.25) is 0 Å². The maximum atomic E-state index is 12.5. The van der Waals surface area contributed by atoms with Crippen LogP contribution in [-0.2, 0) is 16.8 Å². The standard InChI is InChI=1S/C42H49N7O3/c1-41(2,3)52-40(50)49-19-14-30(15-20-49)32-25-44-39(45-26-32)42-23-29-13-17-48(18-16-31(24-42)34(42)21-29)36-22-35(46-47-38(36)43)33-11-7-8-12-37(33)51-27-28-9-5-4-6-10-28/h4-12,14,22,25-26,29,31,34H,13,15-21,23-24,27H2,1-3H3,(H2,43,47)/t29-,31-,34?,42?/m0/s1. The second-order valence-corrected chi connectivity index (χ2v) is 16.1. The molecule has 0 radical (unpaired) electrons. The highest BCUT2D eigenvalue weighted by Crippen LogP contribution is 2.64. The molecular weight excluding hydrogens is 651 g/mol. The van der Waals surface area contributed by atoms with Crippen molar-refractivity contribution in [2.75, 3.05) is 36.8 Å². The number of nitrogen functional groups attached to an aromatic ring is 1. The number of nitrogens with two attached hydrogens (primary N) is 1. The van der Waals surface area contributed by atoms with Crippen molar-refractivity contribution in [2.45, 2.75) is 76.9 Å². The molecule has 52 heavy (non-hydrogen) atoms. The van der Waals surface area contributed by atoms with E-state index in [4.69, 9.17) is 25.2 Å². The summed E-state index contributed by atoms with van der Waals surface area (Å²) in [6, 6.07) is 20.3. The fourth-order valence-corrected chi connectivity index (χ4v) is 9.04. The van der Waals surface area contributed by atoms with Gasteiger partial charge in [-0.15, -0.1) is 10.2 Å². The van der Waals surface area contributed by atoms with Crippen LogP contribution in [0.4, 0.5) is 16.3 Å². The first-order chi connectivity index (χ1) is 25.1. The number of anilines is 2. The third kappa shape index (κ3) is 6.83. The molecule has 10 nitrogen and oxygen atoms in total. The molecule has 4 atom stereocenters. The Morgan fingerprint density at radius 2 is 1.73 bits per heavy atom. The number of carbonyl (C=O) groups is 1. The zero-order valence-electron chi connectivity index (χ0n) is 30.5. The van der Waals surface area contributed by atoms with Gasteiger partial charge in [0.05, 0.1) is 11.4 Å². The Hall–Kier alpha value is -4.99. The van der Waals surface area contributed by atoms with Crippen molar-refractivity contribution in [2.24, 2.45) is 17.8 Å². The SMILES string of the molecule is CC(C)(C)OC(=O)N1CC=C(c2cnc(C34C[C@H]5CCN(c6cc(-c7ccccc7OCc7ccccc7)nnc6N)CC[C@@H](C3)C4C5)nc2)CC1. The van der Waals surface area contributed by atoms with Crippen molar-refractivity contribution in [3.63, 3.8) is 0 Å². The van der Waals surface area contributed by atoms with E-state index in [1.165, 1.54) is 12.0 Å². The van der Waals surface area contributed by atoms with Gasteiger partial charge in [-0.25, -0.2) is 14.8 Å². The van der Waals surface area contributed by atoms with Gasteiger partial charge in [0.1, 0.15) is 23.8 Å².